The molecule has 0 saturated carbocycles. The SMILES string of the molecule is O=c1c(Cl)ccc2n1CC1CNCC2(Cc2ccccc2)C1. The van der Waals surface area contributed by atoms with Crippen molar-refractivity contribution < 1.29 is 0 Å². The second-order valence-electron chi connectivity index (χ2n) is 6.63. The van der Waals surface area contributed by atoms with Crippen LogP contribution < -0.4 is 10.9 Å². The minimum absolute atomic E-state index is 0.00767. The lowest BCUT2D eigenvalue weighted by Gasteiger charge is -2.47. The number of rotatable bonds is 2. The van der Waals surface area contributed by atoms with Gasteiger partial charge in [0.15, 0.2) is 0 Å². The van der Waals surface area contributed by atoms with Crippen molar-refractivity contribution in [2.24, 2.45) is 5.92 Å². The first kappa shape index (κ1) is 14.0. The first-order valence-corrected chi connectivity index (χ1v) is 8.20. The summed E-state index contributed by atoms with van der Waals surface area (Å²) in [5.41, 5.74) is 2.41. The van der Waals surface area contributed by atoms with Gasteiger partial charge in [0, 0.05) is 24.2 Å². The molecule has 2 bridgehead atoms. The van der Waals surface area contributed by atoms with Crippen LogP contribution in [0.3, 0.4) is 0 Å². The maximum Gasteiger partial charge on any atom is 0.269 e. The van der Waals surface area contributed by atoms with Crippen LogP contribution in [0.25, 0.3) is 0 Å². The van der Waals surface area contributed by atoms with Gasteiger partial charge in [0.1, 0.15) is 5.02 Å². The van der Waals surface area contributed by atoms with Gasteiger partial charge in [-0.25, -0.2) is 0 Å². The molecule has 4 rings (SSSR count). The highest BCUT2D eigenvalue weighted by atomic mass is 35.5. The van der Waals surface area contributed by atoms with Gasteiger partial charge in [0.25, 0.3) is 5.56 Å². The molecule has 2 aliphatic heterocycles. The second kappa shape index (κ2) is 5.25. The van der Waals surface area contributed by atoms with E-state index in [-0.39, 0.29) is 11.0 Å². The standard InChI is InChI=1S/C18H19ClN2O/c19-15-6-7-16-18(8-13-4-2-1-3-5-13)9-14(10-20-12-18)11-21(16)17(15)22/h1-7,14,20H,8-12H2. The normalized spacial score (nSPS) is 26.5. The van der Waals surface area contributed by atoms with E-state index < -0.39 is 0 Å². The maximum absolute atomic E-state index is 12.4. The molecule has 22 heavy (non-hydrogen) atoms. The highest BCUT2D eigenvalue weighted by Crippen LogP contribution is 2.40. The Morgan fingerprint density at radius 3 is 2.86 bits per heavy atom. The first-order chi connectivity index (χ1) is 10.7. The Balaban J connectivity index is 1.85. The van der Waals surface area contributed by atoms with Crippen molar-refractivity contribution in [1.82, 2.24) is 9.88 Å². The number of hydrogen-bond donors (Lipinski definition) is 1. The van der Waals surface area contributed by atoms with E-state index in [0.717, 1.165) is 38.2 Å². The van der Waals surface area contributed by atoms with Crippen LogP contribution in [0.5, 0.6) is 0 Å². The number of nitrogens with one attached hydrogen (secondary N) is 1. The molecular formula is C18H19ClN2O. The summed E-state index contributed by atoms with van der Waals surface area (Å²) in [4.78, 5) is 12.4. The molecule has 0 radical (unpaired) electrons. The van der Waals surface area contributed by atoms with Crippen molar-refractivity contribution in [3.63, 3.8) is 0 Å². The van der Waals surface area contributed by atoms with Gasteiger partial charge in [-0.1, -0.05) is 41.9 Å². The van der Waals surface area contributed by atoms with Crippen LogP contribution in [0.4, 0.5) is 0 Å². The molecule has 1 fully saturated rings. The summed E-state index contributed by atoms with van der Waals surface area (Å²) in [7, 11) is 0. The topological polar surface area (TPSA) is 34.0 Å². The van der Waals surface area contributed by atoms with Gasteiger partial charge in [0.2, 0.25) is 0 Å². The summed E-state index contributed by atoms with van der Waals surface area (Å²) < 4.78 is 1.92. The van der Waals surface area contributed by atoms with Gasteiger partial charge in [-0.05, 0) is 43.0 Å². The molecule has 3 nitrogen and oxygen atoms in total. The number of aromatic nitrogens is 1. The molecular weight excluding hydrogens is 296 g/mol. The highest BCUT2D eigenvalue weighted by Gasteiger charge is 2.43. The largest absolute Gasteiger partial charge is 0.315 e. The Labute approximate surface area is 134 Å². The average molecular weight is 315 g/mol. The third kappa shape index (κ3) is 2.20. The van der Waals surface area contributed by atoms with Gasteiger partial charge in [-0.2, -0.15) is 0 Å². The van der Waals surface area contributed by atoms with Crippen LogP contribution in [-0.4, -0.2) is 17.7 Å². The van der Waals surface area contributed by atoms with Crippen molar-refractivity contribution in [3.05, 3.63) is 69.1 Å². The molecule has 2 aliphatic rings. The number of hydrogen-bond acceptors (Lipinski definition) is 2. The molecule has 114 valence electrons. The van der Waals surface area contributed by atoms with E-state index in [4.69, 9.17) is 11.6 Å². The molecule has 0 aliphatic carbocycles. The Morgan fingerprint density at radius 1 is 1.23 bits per heavy atom. The summed E-state index contributed by atoms with van der Waals surface area (Å²) in [6, 6.07) is 14.4. The van der Waals surface area contributed by atoms with E-state index >= 15 is 0 Å². The quantitative estimate of drug-likeness (QED) is 0.924. The van der Waals surface area contributed by atoms with Gasteiger partial charge >= 0.3 is 0 Å². The van der Waals surface area contributed by atoms with Crippen LogP contribution in [0.15, 0.2) is 47.3 Å². The molecule has 4 heteroatoms. The Hall–Kier alpha value is -1.58. The zero-order valence-corrected chi connectivity index (χ0v) is 13.1. The van der Waals surface area contributed by atoms with Crippen LogP contribution in [-0.2, 0) is 18.4 Å². The summed E-state index contributed by atoms with van der Waals surface area (Å²) >= 11 is 6.06. The number of fused-ring (bicyclic) bond motifs is 4. The molecule has 2 unspecified atom stereocenters. The van der Waals surface area contributed by atoms with E-state index in [1.807, 2.05) is 10.6 Å². The minimum atomic E-state index is -0.0387. The number of benzene rings is 1. The van der Waals surface area contributed by atoms with Gasteiger partial charge in [0.05, 0.1) is 0 Å². The van der Waals surface area contributed by atoms with E-state index in [2.05, 4.69) is 35.6 Å². The molecule has 3 heterocycles. The molecule has 1 saturated heterocycles. The average Bonchev–Trinajstić information content (AvgIpc) is 2.52. The molecule has 0 amide bonds. The number of nitrogens with zero attached hydrogens (tertiary/aromatic N) is 1. The minimum Gasteiger partial charge on any atom is -0.315 e. The van der Waals surface area contributed by atoms with Crippen molar-refractivity contribution in [3.8, 4) is 0 Å². The third-order valence-corrected chi connectivity index (χ3v) is 5.36. The summed E-state index contributed by atoms with van der Waals surface area (Å²) in [6.07, 6.45) is 2.09. The fourth-order valence-corrected chi connectivity index (χ4v) is 4.37. The first-order valence-electron chi connectivity index (χ1n) is 7.82. The van der Waals surface area contributed by atoms with E-state index in [1.54, 1.807) is 6.07 Å². The van der Waals surface area contributed by atoms with E-state index in [0.29, 0.717) is 10.9 Å². The van der Waals surface area contributed by atoms with Crippen molar-refractivity contribution in [1.29, 1.82) is 0 Å². The molecule has 1 aromatic carbocycles. The zero-order valence-electron chi connectivity index (χ0n) is 12.4. The summed E-state index contributed by atoms with van der Waals surface area (Å²) in [5, 5.41) is 3.90. The van der Waals surface area contributed by atoms with Gasteiger partial charge in [-0.15, -0.1) is 0 Å². The van der Waals surface area contributed by atoms with Crippen molar-refractivity contribution in [2.45, 2.75) is 24.8 Å². The fraction of sp³-hybridized carbons (Fsp3) is 0.389. The lowest BCUT2D eigenvalue weighted by Crippen LogP contribution is -2.56. The summed E-state index contributed by atoms with van der Waals surface area (Å²) in [6.45, 7) is 2.67. The van der Waals surface area contributed by atoms with Crippen molar-refractivity contribution >= 4 is 11.6 Å². The third-order valence-electron chi connectivity index (χ3n) is 5.07. The molecule has 1 aromatic heterocycles. The van der Waals surface area contributed by atoms with E-state index in [9.17, 15) is 4.79 Å². The Bertz CT molecular complexity index is 755. The number of piperidine rings is 1. The van der Waals surface area contributed by atoms with Crippen LogP contribution in [0.1, 0.15) is 17.7 Å². The van der Waals surface area contributed by atoms with Crippen molar-refractivity contribution in [2.75, 3.05) is 13.1 Å². The van der Waals surface area contributed by atoms with Crippen LogP contribution >= 0.6 is 11.6 Å². The van der Waals surface area contributed by atoms with Crippen LogP contribution in [0, 0.1) is 5.92 Å². The van der Waals surface area contributed by atoms with Crippen LogP contribution in [0.2, 0.25) is 5.02 Å². The number of halogens is 1. The molecule has 2 aromatic rings. The van der Waals surface area contributed by atoms with Gasteiger partial charge < -0.3 is 9.88 Å². The lowest BCUT2D eigenvalue weighted by atomic mass is 9.67. The smallest absolute Gasteiger partial charge is 0.269 e. The van der Waals surface area contributed by atoms with E-state index in [1.165, 1.54) is 5.56 Å². The number of pyridine rings is 1. The zero-order chi connectivity index (χ0) is 15.2. The molecule has 0 spiro atoms. The monoisotopic (exact) mass is 314 g/mol. The lowest BCUT2D eigenvalue weighted by molar-refractivity contribution is 0.170. The predicted molar refractivity (Wildman–Crippen MR) is 88.5 cm³/mol. The summed E-state index contributed by atoms with van der Waals surface area (Å²) in [5.74, 6) is 0.501. The Morgan fingerprint density at radius 2 is 2.05 bits per heavy atom. The highest BCUT2D eigenvalue weighted by molar-refractivity contribution is 6.30. The second-order valence-corrected chi connectivity index (χ2v) is 7.03. The molecule has 2 atom stereocenters. The molecule has 1 N–H and O–H groups in total. The fourth-order valence-electron chi connectivity index (χ4n) is 4.20. The maximum atomic E-state index is 12.4. The predicted octanol–water partition coefficient (Wildman–Crippen LogP) is 2.61. The van der Waals surface area contributed by atoms with Gasteiger partial charge in [-0.3, -0.25) is 4.79 Å². The Kier molecular flexibility index (Phi) is 3.35.